The minimum atomic E-state index is -0.886. The van der Waals surface area contributed by atoms with Crippen LogP contribution in [0.1, 0.15) is 0 Å². The number of carboxylic acids is 1. The van der Waals surface area contributed by atoms with Crippen LogP contribution in [0.5, 0.6) is 0 Å². The number of ether oxygens (including phenoxy) is 1. The van der Waals surface area contributed by atoms with Gasteiger partial charge in [-0.2, -0.15) is 0 Å². The number of rotatable bonds is 5. The monoisotopic (exact) mass is 219 g/mol. The first-order valence-corrected chi connectivity index (χ1v) is 4.86. The second-order valence-corrected chi connectivity index (χ2v) is 3.83. The summed E-state index contributed by atoms with van der Waals surface area (Å²) in [6, 6.07) is -0.233. The summed E-state index contributed by atoms with van der Waals surface area (Å²) in [5.74, 6) is -1.44. The molecular weight excluding hydrogens is 202 g/mol. The van der Waals surface area contributed by atoms with Gasteiger partial charge in [0.25, 0.3) is 0 Å². The molecule has 0 bridgehead atoms. The van der Waals surface area contributed by atoms with Gasteiger partial charge < -0.3 is 20.1 Å². The Morgan fingerprint density at radius 1 is 1.60 bits per heavy atom. The average molecular weight is 219 g/mol. The molecule has 0 spiro atoms. The summed E-state index contributed by atoms with van der Waals surface area (Å²) in [7, 11) is 1.72. The van der Waals surface area contributed by atoms with E-state index < -0.39 is 18.0 Å². The number of nitrogens with zero attached hydrogens (tertiary/aromatic N) is 1. The van der Waals surface area contributed by atoms with Crippen LogP contribution < -0.4 is 0 Å². The highest BCUT2D eigenvalue weighted by Crippen LogP contribution is 2.18. The van der Waals surface area contributed by atoms with Gasteiger partial charge in [0, 0.05) is 12.6 Å². The predicted molar refractivity (Wildman–Crippen MR) is 51.5 cm³/mol. The van der Waals surface area contributed by atoms with E-state index in [-0.39, 0.29) is 25.8 Å². The SMILES string of the molecule is CN(CC(O)CO)C1COCC1C(=O)O. The Balaban J connectivity index is 2.50. The van der Waals surface area contributed by atoms with Gasteiger partial charge in [-0.25, -0.2) is 0 Å². The number of hydrogen-bond donors (Lipinski definition) is 3. The van der Waals surface area contributed by atoms with Crippen LogP contribution in [0.3, 0.4) is 0 Å². The molecule has 3 atom stereocenters. The zero-order valence-electron chi connectivity index (χ0n) is 8.67. The number of carbonyl (C=O) groups is 1. The summed E-state index contributed by atoms with van der Waals surface area (Å²) >= 11 is 0. The van der Waals surface area contributed by atoms with Crippen LogP contribution in [-0.4, -0.2) is 71.7 Å². The van der Waals surface area contributed by atoms with Crippen LogP contribution in [-0.2, 0) is 9.53 Å². The van der Waals surface area contributed by atoms with Crippen LogP contribution in [0, 0.1) is 5.92 Å². The van der Waals surface area contributed by atoms with Crippen molar-refractivity contribution in [2.45, 2.75) is 12.1 Å². The van der Waals surface area contributed by atoms with E-state index in [0.29, 0.717) is 6.61 Å². The van der Waals surface area contributed by atoms with E-state index in [0.717, 1.165) is 0 Å². The molecule has 3 unspecified atom stereocenters. The third-order valence-electron chi connectivity index (χ3n) is 2.64. The number of carboxylic acid groups (broad SMARTS) is 1. The third kappa shape index (κ3) is 3.13. The summed E-state index contributed by atoms with van der Waals surface area (Å²) in [5.41, 5.74) is 0. The van der Waals surface area contributed by atoms with Crippen molar-refractivity contribution < 1.29 is 24.9 Å². The quantitative estimate of drug-likeness (QED) is 0.514. The van der Waals surface area contributed by atoms with E-state index in [4.69, 9.17) is 14.9 Å². The molecule has 1 heterocycles. The zero-order chi connectivity index (χ0) is 11.4. The smallest absolute Gasteiger partial charge is 0.310 e. The average Bonchev–Trinajstić information content (AvgIpc) is 2.65. The van der Waals surface area contributed by atoms with Gasteiger partial charge in [0.05, 0.1) is 31.8 Å². The third-order valence-corrected chi connectivity index (χ3v) is 2.64. The second kappa shape index (κ2) is 5.41. The van der Waals surface area contributed by atoms with Crippen LogP contribution >= 0.6 is 0 Å². The molecule has 6 heteroatoms. The van der Waals surface area contributed by atoms with E-state index in [9.17, 15) is 9.90 Å². The molecule has 15 heavy (non-hydrogen) atoms. The summed E-state index contributed by atoms with van der Waals surface area (Å²) in [6.07, 6.45) is -0.843. The van der Waals surface area contributed by atoms with Gasteiger partial charge in [0.1, 0.15) is 0 Å². The molecule has 1 saturated heterocycles. The standard InChI is InChI=1S/C9H17NO5/c1-10(2-6(12)3-11)8-5-15-4-7(8)9(13)14/h6-8,11-12H,2-5H2,1H3,(H,13,14). The van der Waals surface area contributed by atoms with Crippen LogP contribution in [0.2, 0.25) is 0 Å². The van der Waals surface area contributed by atoms with E-state index in [2.05, 4.69) is 0 Å². The van der Waals surface area contributed by atoms with Crippen LogP contribution in [0.25, 0.3) is 0 Å². The Morgan fingerprint density at radius 3 is 2.80 bits per heavy atom. The molecular formula is C9H17NO5. The van der Waals surface area contributed by atoms with E-state index in [1.54, 1.807) is 11.9 Å². The van der Waals surface area contributed by atoms with Gasteiger partial charge in [-0.1, -0.05) is 0 Å². The molecule has 1 aliphatic heterocycles. The molecule has 0 amide bonds. The Hall–Kier alpha value is -0.690. The zero-order valence-corrected chi connectivity index (χ0v) is 8.67. The molecule has 1 aliphatic rings. The van der Waals surface area contributed by atoms with Crippen molar-refractivity contribution in [1.82, 2.24) is 4.90 Å². The Labute approximate surface area is 88.1 Å². The van der Waals surface area contributed by atoms with Crippen LogP contribution in [0.15, 0.2) is 0 Å². The fraction of sp³-hybridized carbons (Fsp3) is 0.889. The number of aliphatic carboxylic acids is 1. The Morgan fingerprint density at radius 2 is 2.27 bits per heavy atom. The molecule has 0 saturated carbocycles. The van der Waals surface area contributed by atoms with Crippen molar-refractivity contribution >= 4 is 5.97 Å². The lowest BCUT2D eigenvalue weighted by Crippen LogP contribution is -2.44. The van der Waals surface area contributed by atoms with Crippen molar-refractivity contribution in [3.05, 3.63) is 0 Å². The molecule has 6 nitrogen and oxygen atoms in total. The molecule has 0 aromatic heterocycles. The summed E-state index contributed by atoms with van der Waals surface area (Å²) in [6.45, 7) is 0.481. The Bertz CT molecular complexity index is 223. The lowest BCUT2D eigenvalue weighted by molar-refractivity contribution is -0.143. The summed E-state index contributed by atoms with van der Waals surface area (Å²) < 4.78 is 5.10. The lowest BCUT2D eigenvalue weighted by atomic mass is 10.0. The summed E-state index contributed by atoms with van der Waals surface area (Å²) in [4.78, 5) is 12.6. The maximum atomic E-state index is 10.9. The van der Waals surface area contributed by atoms with Crippen molar-refractivity contribution in [3.8, 4) is 0 Å². The lowest BCUT2D eigenvalue weighted by Gasteiger charge is -2.27. The molecule has 1 rings (SSSR count). The molecule has 0 radical (unpaired) electrons. The first-order chi connectivity index (χ1) is 7.06. The molecule has 0 aliphatic carbocycles. The predicted octanol–water partition coefficient (Wildman–Crippen LogP) is -1.63. The molecule has 88 valence electrons. The van der Waals surface area contributed by atoms with Crippen molar-refractivity contribution in [2.75, 3.05) is 33.4 Å². The highest BCUT2D eigenvalue weighted by Gasteiger charge is 2.36. The number of aliphatic hydroxyl groups excluding tert-OH is 2. The highest BCUT2D eigenvalue weighted by atomic mass is 16.5. The van der Waals surface area contributed by atoms with Gasteiger partial charge in [0.2, 0.25) is 0 Å². The largest absolute Gasteiger partial charge is 0.481 e. The normalized spacial score (nSPS) is 28.3. The highest BCUT2D eigenvalue weighted by molar-refractivity contribution is 5.71. The van der Waals surface area contributed by atoms with Gasteiger partial charge in [-0.15, -0.1) is 0 Å². The molecule has 3 N–H and O–H groups in total. The first-order valence-electron chi connectivity index (χ1n) is 4.86. The first kappa shape index (κ1) is 12.4. The number of likely N-dealkylation sites (N-methyl/N-ethyl adjacent to an activating group) is 1. The van der Waals surface area contributed by atoms with Gasteiger partial charge in [-0.3, -0.25) is 9.69 Å². The van der Waals surface area contributed by atoms with E-state index in [1.807, 2.05) is 0 Å². The maximum absolute atomic E-state index is 10.9. The van der Waals surface area contributed by atoms with Gasteiger partial charge in [0.15, 0.2) is 0 Å². The number of aliphatic hydroxyl groups is 2. The fourth-order valence-corrected chi connectivity index (χ4v) is 1.74. The fourth-order valence-electron chi connectivity index (χ4n) is 1.74. The van der Waals surface area contributed by atoms with E-state index >= 15 is 0 Å². The summed E-state index contributed by atoms with van der Waals surface area (Å²) in [5, 5.41) is 26.8. The van der Waals surface area contributed by atoms with Gasteiger partial charge in [-0.05, 0) is 7.05 Å². The van der Waals surface area contributed by atoms with E-state index in [1.165, 1.54) is 0 Å². The van der Waals surface area contributed by atoms with Gasteiger partial charge >= 0.3 is 5.97 Å². The molecule has 0 aromatic rings. The minimum absolute atomic E-state index is 0.208. The molecule has 0 aromatic carbocycles. The Kier molecular flexibility index (Phi) is 4.46. The second-order valence-electron chi connectivity index (χ2n) is 3.83. The van der Waals surface area contributed by atoms with Crippen molar-refractivity contribution in [2.24, 2.45) is 5.92 Å². The van der Waals surface area contributed by atoms with Crippen LogP contribution in [0.4, 0.5) is 0 Å². The number of hydrogen-bond acceptors (Lipinski definition) is 5. The van der Waals surface area contributed by atoms with Crippen molar-refractivity contribution in [3.63, 3.8) is 0 Å². The minimum Gasteiger partial charge on any atom is -0.481 e. The van der Waals surface area contributed by atoms with Crippen molar-refractivity contribution in [1.29, 1.82) is 0 Å². The maximum Gasteiger partial charge on any atom is 0.310 e. The topological polar surface area (TPSA) is 90.2 Å². The molecule has 1 fully saturated rings.